The van der Waals surface area contributed by atoms with Crippen LogP contribution in [0.4, 0.5) is 0 Å². The van der Waals surface area contributed by atoms with E-state index in [0.29, 0.717) is 5.54 Å². The summed E-state index contributed by atoms with van der Waals surface area (Å²) in [6.45, 7) is 5.55. The molecule has 102 valence electrons. The van der Waals surface area contributed by atoms with E-state index in [0.717, 1.165) is 25.8 Å². The van der Waals surface area contributed by atoms with Crippen molar-refractivity contribution in [2.24, 2.45) is 0 Å². The molecule has 0 saturated carbocycles. The molecule has 7 heteroatoms. The highest BCUT2D eigenvalue weighted by atomic mass is 16.5. The highest BCUT2D eigenvalue weighted by Crippen LogP contribution is 2.34. The van der Waals surface area contributed by atoms with Crippen molar-refractivity contribution in [3.63, 3.8) is 0 Å². The zero-order chi connectivity index (χ0) is 13.2. The van der Waals surface area contributed by atoms with Gasteiger partial charge in [0.1, 0.15) is 0 Å². The van der Waals surface area contributed by atoms with E-state index >= 15 is 0 Å². The van der Waals surface area contributed by atoms with Gasteiger partial charge in [0.25, 0.3) is 0 Å². The Morgan fingerprint density at radius 1 is 1.28 bits per heavy atom. The first-order chi connectivity index (χ1) is 8.55. The van der Waals surface area contributed by atoms with Gasteiger partial charge in [-0.15, -0.1) is 0 Å². The predicted molar refractivity (Wildman–Crippen MR) is 61.4 cm³/mol. The third-order valence-corrected chi connectivity index (χ3v) is 3.74. The second kappa shape index (κ2) is 5.21. The molecule has 1 spiro atoms. The lowest BCUT2D eigenvalue weighted by atomic mass is 9.91. The Hall–Kier alpha value is -1.18. The highest BCUT2D eigenvalue weighted by Gasteiger charge is 2.50. The molecule has 1 atom stereocenters. The van der Waals surface area contributed by atoms with E-state index in [1.165, 1.54) is 25.9 Å². The zero-order valence-corrected chi connectivity index (χ0v) is 10.1. The molecule has 3 aliphatic heterocycles. The van der Waals surface area contributed by atoms with Gasteiger partial charge in [-0.25, -0.2) is 9.59 Å². The highest BCUT2D eigenvalue weighted by molar-refractivity contribution is 6.27. The molecule has 3 N–H and O–H groups in total. The smallest absolute Gasteiger partial charge is 0.414 e. The molecule has 3 heterocycles. The van der Waals surface area contributed by atoms with Gasteiger partial charge in [-0.1, -0.05) is 0 Å². The number of nitrogens with one attached hydrogen (secondary N) is 1. The van der Waals surface area contributed by atoms with Crippen molar-refractivity contribution in [1.29, 1.82) is 0 Å². The summed E-state index contributed by atoms with van der Waals surface area (Å²) in [5.41, 5.74) is 0.402. The third kappa shape index (κ3) is 2.47. The van der Waals surface area contributed by atoms with Crippen molar-refractivity contribution in [2.45, 2.75) is 24.4 Å². The van der Waals surface area contributed by atoms with Gasteiger partial charge in [-0.3, -0.25) is 4.90 Å². The number of piperazine rings is 1. The van der Waals surface area contributed by atoms with Crippen LogP contribution >= 0.6 is 0 Å². The number of aliphatic carboxylic acids is 2. The maximum absolute atomic E-state index is 9.10. The van der Waals surface area contributed by atoms with Crippen molar-refractivity contribution in [3.05, 3.63) is 0 Å². The lowest BCUT2D eigenvalue weighted by molar-refractivity contribution is -0.159. The van der Waals surface area contributed by atoms with Crippen molar-refractivity contribution in [3.8, 4) is 0 Å². The molecule has 0 bridgehead atoms. The van der Waals surface area contributed by atoms with Gasteiger partial charge in [0.15, 0.2) is 0 Å². The molecule has 18 heavy (non-hydrogen) atoms. The van der Waals surface area contributed by atoms with E-state index in [2.05, 4.69) is 10.2 Å². The molecule has 0 aliphatic carbocycles. The Balaban J connectivity index is 0.000000174. The molecule has 3 saturated heterocycles. The normalized spacial score (nSPS) is 28.8. The minimum absolute atomic E-state index is 0.402. The predicted octanol–water partition coefficient (Wildman–Crippen LogP) is -1.02. The number of carboxylic acid groups (broad SMARTS) is 2. The van der Waals surface area contributed by atoms with E-state index in [1.807, 2.05) is 0 Å². The Morgan fingerprint density at radius 2 is 1.94 bits per heavy atom. The molecule has 3 rings (SSSR count). The Morgan fingerprint density at radius 3 is 2.44 bits per heavy atom. The summed E-state index contributed by atoms with van der Waals surface area (Å²) in [4.78, 5) is 20.9. The number of carboxylic acids is 2. The number of fused-ring (bicyclic) bond motifs is 2. The molecule has 3 aliphatic rings. The number of hydrogen-bond acceptors (Lipinski definition) is 5. The number of hydrogen-bond donors (Lipinski definition) is 3. The lowest BCUT2D eigenvalue weighted by Gasteiger charge is -2.53. The first-order valence-electron chi connectivity index (χ1n) is 6.07. The van der Waals surface area contributed by atoms with Crippen LogP contribution in [0.2, 0.25) is 0 Å². The Bertz CT molecular complexity index is 330. The molecule has 3 fully saturated rings. The van der Waals surface area contributed by atoms with Gasteiger partial charge in [0.05, 0.1) is 18.8 Å². The van der Waals surface area contributed by atoms with Crippen molar-refractivity contribution >= 4 is 11.9 Å². The summed E-state index contributed by atoms with van der Waals surface area (Å²) in [6, 6.07) is 0.808. The first-order valence-corrected chi connectivity index (χ1v) is 6.07. The standard InChI is InChI=1S/C9H16N2O.C2H2O4/c1-2-8-4-10-5-9(6-12-7-9)11(8)3-1;3-1(4)2(5)6/h8,10H,1-7H2;(H,3,4)(H,5,6)/t8-;/m0./s1. The molecule has 0 aromatic carbocycles. The topological polar surface area (TPSA) is 99.1 Å². The SMILES string of the molecule is C1C[C@H]2CNCC3(COC3)N2C1.O=C(O)C(=O)O. The summed E-state index contributed by atoms with van der Waals surface area (Å²) in [5, 5.41) is 18.3. The molecule has 0 amide bonds. The molecular weight excluding hydrogens is 240 g/mol. The maximum Gasteiger partial charge on any atom is 0.414 e. The average Bonchev–Trinajstić information content (AvgIpc) is 2.75. The van der Waals surface area contributed by atoms with E-state index in [1.54, 1.807) is 0 Å². The number of nitrogens with zero attached hydrogens (tertiary/aromatic N) is 1. The van der Waals surface area contributed by atoms with E-state index in [9.17, 15) is 0 Å². The second-order valence-corrected chi connectivity index (χ2v) is 4.95. The minimum Gasteiger partial charge on any atom is -0.473 e. The van der Waals surface area contributed by atoms with Crippen LogP contribution in [0.5, 0.6) is 0 Å². The fourth-order valence-corrected chi connectivity index (χ4v) is 2.85. The van der Waals surface area contributed by atoms with E-state index in [4.69, 9.17) is 24.5 Å². The van der Waals surface area contributed by atoms with Gasteiger partial charge in [0.2, 0.25) is 0 Å². The number of ether oxygens (including phenoxy) is 1. The van der Waals surface area contributed by atoms with Crippen LogP contribution in [0.25, 0.3) is 0 Å². The zero-order valence-electron chi connectivity index (χ0n) is 10.1. The van der Waals surface area contributed by atoms with Gasteiger partial charge in [-0.2, -0.15) is 0 Å². The number of carbonyl (C=O) groups is 2. The summed E-state index contributed by atoms with van der Waals surface area (Å²) < 4.78 is 5.34. The lowest BCUT2D eigenvalue weighted by Crippen LogP contribution is -2.72. The first kappa shape index (κ1) is 13.3. The number of rotatable bonds is 0. The minimum atomic E-state index is -1.82. The van der Waals surface area contributed by atoms with Gasteiger partial charge in [0, 0.05) is 19.1 Å². The van der Waals surface area contributed by atoms with Crippen molar-refractivity contribution < 1.29 is 24.5 Å². The molecular formula is C11H18N2O5. The summed E-state index contributed by atoms with van der Waals surface area (Å²) in [6.07, 6.45) is 2.77. The molecule has 0 unspecified atom stereocenters. The van der Waals surface area contributed by atoms with Crippen LogP contribution in [0.3, 0.4) is 0 Å². The third-order valence-electron chi connectivity index (χ3n) is 3.74. The fourth-order valence-electron chi connectivity index (χ4n) is 2.85. The van der Waals surface area contributed by atoms with Crippen LogP contribution < -0.4 is 5.32 Å². The fraction of sp³-hybridized carbons (Fsp3) is 0.818. The molecule has 0 aromatic heterocycles. The van der Waals surface area contributed by atoms with Crippen LogP contribution in [0.15, 0.2) is 0 Å². The van der Waals surface area contributed by atoms with E-state index < -0.39 is 11.9 Å². The molecule has 0 aromatic rings. The Labute approximate surface area is 105 Å². The summed E-state index contributed by atoms with van der Waals surface area (Å²) in [7, 11) is 0. The largest absolute Gasteiger partial charge is 0.473 e. The van der Waals surface area contributed by atoms with Crippen molar-refractivity contribution in [2.75, 3.05) is 32.8 Å². The Kier molecular flexibility index (Phi) is 3.84. The van der Waals surface area contributed by atoms with Gasteiger partial charge >= 0.3 is 11.9 Å². The monoisotopic (exact) mass is 258 g/mol. The second-order valence-electron chi connectivity index (χ2n) is 4.95. The van der Waals surface area contributed by atoms with Crippen molar-refractivity contribution in [1.82, 2.24) is 10.2 Å². The van der Waals surface area contributed by atoms with Crippen LogP contribution in [-0.4, -0.2) is 71.5 Å². The molecule has 7 nitrogen and oxygen atoms in total. The summed E-state index contributed by atoms with van der Waals surface area (Å²) >= 11 is 0. The van der Waals surface area contributed by atoms with Gasteiger partial charge < -0.3 is 20.3 Å². The van der Waals surface area contributed by atoms with Crippen LogP contribution in [-0.2, 0) is 14.3 Å². The van der Waals surface area contributed by atoms with E-state index in [-0.39, 0.29) is 0 Å². The maximum atomic E-state index is 9.10. The van der Waals surface area contributed by atoms with Crippen LogP contribution in [0, 0.1) is 0 Å². The average molecular weight is 258 g/mol. The molecule has 0 radical (unpaired) electrons. The summed E-state index contributed by atoms with van der Waals surface area (Å²) in [5.74, 6) is -3.65. The quantitative estimate of drug-likeness (QED) is 0.478. The van der Waals surface area contributed by atoms with Gasteiger partial charge in [-0.05, 0) is 19.4 Å². The van der Waals surface area contributed by atoms with Crippen LogP contribution in [0.1, 0.15) is 12.8 Å².